The van der Waals surface area contributed by atoms with Crippen molar-refractivity contribution in [2.24, 2.45) is 5.92 Å². The molecule has 0 spiro atoms. The molecule has 8 heteroatoms. The summed E-state index contributed by atoms with van der Waals surface area (Å²) in [5.41, 5.74) is 0. The molecular formula is C20H27N3O4S. The van der Waals surface area contributed by atoms with Crippen LogP contribution in [0.3, 0.4) is 0 Å². The summed E-state index contributed by atoms with van der Waals surface area (Å²) in [6.45, 7) is 1.53. The number of fused-ring (bicyclic) bond motifs is 1. The Hall–Kier alpha value is -2.16. The van der Waals surface area contributed by atoms with Crippen molar-refractivity contribution < 1.29 is 17.9 Å². The lowest BCUT2D eigenvalue weighted by atomic mass is 9.97. The molecule has 0 bridgehead atoms. The van der Waals surface area contributed by atoms with Crippen molar-refractivity contribution in [1.29, 1.82) is 0 Å². The third-order valence-corrected chi connectivity index (χ3v) is 6.96. The lowest BCUT2D eigenvalue weighted by Crippen LogP contribution is -2.47. The Labute approximate surface area is 166 Å². The van der Waals surface area contributed by atoms with Crippen LogP contribution in [-0.4, -0.2) is 63.3 Å². The van der Waals surface area contributed by atoms with Crippen molar-refractivity contribution in [3.8, 4) is 5.75 Å². The molecule has 0 radical (unpaired) electrons. The molecule has 2 aromatic carbocycles. The molecule has 1 aliphatic rings. The molecule has 28 heavy (non-hydrogen) atoms. The summed E-state index contributed by atoms with van der Waals surface area (Å²) < 4.78 is 32.7. The standard InChI is InChI=1S/C20H27N3O4S/c1-22(2)28(25,26)23-13-10-17(11-14-23)20(24)21-12-15-27-19-9-5-7-16-6-3-4-8-18(16)19/h3-9,17H,10-15H2,1-2H3,(H,21,24). The third-order valence-electron chi connectivity index (χ3n) is 5.02. The van der Waals surface area contributed by atoms with Gasteiger partial charge in [-0.1, -0.05) is 36.4 Å². The van der Waals surface area contributed by atoms with E-state index in [0.717, 1.165) is 16.5 Å². The van der Waals surface area contributed by atoms with Gasteiger partial charge in [0.25, 0.3) is 10.2 Å². The van der Waals surface area contributed by atoms with E-state index in [-0.39, 0.29) is 11.8 Å². The lowest BCUT2D eigenvalue weighted by Gasteiger charge is -2.32. The Morgan fingerprint density at radius 3 is 2.54 bits per heavy atom. The second-order valence-corrected chi connectivity index (χ2v) is 9.22. The second-order valence-electron chi connectivity index (χ2n) is 7.08. The van der Waals surface area contributed by atoms with Crippen LogP contribution >= 0.6 is 0 Å². The molecule has 0 atom stereocenters. The van der Waals surface area contributed by atoms with Gasteiger partial charge in [-0.25, -0.2) is 0 Å². The van der Waals surface area contributed by atoms with Crippen LogP contribution in [0.1, 0.15) is 12.8 Å². The zero-order chi connectivity index (χ0) is 20.1. The normalized spacial score (nSPS) is 16.4. The number of piperidine rings is 1. The Balaban J connectivity index is 1.44. The van der Waals surface area contributed by atoms with Crippen LogP contribution in [0.2, 0.25) is 0 Å². The maximum Gasteiger partial charge on any atom is 0.281 e. The van der Waals surface area contributed by atoms with Gasteiger partial charge in [0.2, 0.25) is 5.91 Å². The molecule has 1 amide bonds. The minimum absolute atomic E-state index is 0.0385. The lowest BCUT2D eigenvalue weighted by molar-refractivity contribution is -0.126. The summed E-state index contributed by atoms with van der Waals surface area (Å²) in [4.78, 5) is 12.4. The molecule has 0 unspecified atom stereocenters. The zero-order valence-corrected chi connectivity index (χ0v) is 17.1. The number of carbonyl (C=O) groups excluding carboxylic acids is 1. The molecule has 1 saturated heterocycles. The van der Waals surface area contributed by atoms with E-state index in [2.05, 4.69) is 5.32 Å². The topological polar surface area (TPSA) is 79.0 Å². The van der Waals surface area contributed by atoms with E-state index in [9.17, 15) is 13.2 Å². The van der Waals surface area contributed by atoms with Gasteiger partial charge >= 0.3 is 0 Å². The number of carbonyl (C=O) groups is 1. The van der Waals surface area contributed by atoms with E-state index >= 15 is 0 Å². The highest BCUT2D eigenvalue weighted by molar-refractivity contribution is 7.86. The van der Waals surface area contributed by atoms with E-state index in [1.807, 2.05) is 42.5 Å². The fourth-order valence-electron chi connectivity index (χ4n) is 3.38. The molecular weight excluding hydrogens is 378 g/mol. The molecule has 2 aromatic rings. The van der Waals surface area contributed by atoms with Crippen molar-refractivity contribution in [2.45, 2.75) is 12.8 Å². The third kappa shape index (κ3) is 4.63. The quantitative estimate of drug-likeness (QED) is 0.713. The first-order valence-electron chi connectivity index (χ1n) is 9.45. The van der Waals surface area contributed by atoms with E-state index in [4.69, 9.17) is 4.74 Å². The number of hydrogen-bond donors (Lipinski definition) is 1. The number of benzene rings is 2. The SMILES string of the molecule is CN(C)S(=O)(=O)N1CCC(C(=O)NCCOc2cccc3ccccc23)CC1. The van der Waals surface area contributed by atoms with Crippen molar-refractivity contribution in [3.05, 3.63) is 42.5 Å². The highest BCUT2D eigenvalue weighted by atomic mass is 32.2. The summed E-state index contributed by atoms with van der Waals surface area (Å²) in [6, 6.07) is 13.9. The number of rotatable bonds is 7. The van der Waals surface area contributed by atoms with Gasteiger partial charge in [-0.15, -0.1) is 0 Å². The summed E-state index contributed by atoms with van der Waals surface area (Å²) in [5.74, 6) is 0.601. The molecule has 3 rings (SSSR count). The van der Waals surface area contributed by atoms with Crippen molar-refractivity contribution >= 4 is 26.9 Å². The molecule has 1 fully saturated rings. The summed E-state index contributed by atoms with van der Waals surface area (Å²) in [7, 11) is -0.368. The van der Waals surface area contributed by atoms with Crippen LogP contribution in [0.25, 0.3) is 10.8 Å². The molecule has 0 saturated carbocycles. The van der Waals surface area contributed by atoms with Crippen LogP contribution in [0.5, 0.6) is 5.75 Å². The van der Waals surface area contributed by atoms with Gasteiger partial charge in [-0.2, -0.15) is 17.0 Å². The van der Waals surface area contributed by atoms with E-state index < -0.39 is 10.2 Å². The van der Waals surface area contributed by atoms with Crippen LogP contribution in [0.4, 0.5) is 0 Å². The Bertz CT molecular complexity index is 917. The van der Waals surface area contributed by atoms with Crippen LogP contribution in [0.15, 0.2) is 42.5 Å². The first-order valence-corrected chi connectivity index (χ1v) is 10.8. The Morgan fingerprint density at radius 1 is 1.14 bits per heavy atom. The Kier molecular flexibility index (Phi) is 6.53. The van der Waals surface area contributed by atoms with Gasteiger partial charge in [-0.3, -0.25) is 4.79 Å². The molecule has 1 heterocycles. The summed E-state index contributed by atoms with van der Waals surface area (Å²) >= 11 is 0. The van der Waals surface area contributed by atoms with Crippen molar-refractivity contribution in [3.63, 3.8) is 0 Å². The maximum atomic E-state index is 12.4. The van der Waals surface area contributed by atoms with E-state index in [1.54, 1.807) is 0 Å². The van der Waals surface area contributed by atoms with Gasteiger partial charge in [0.15, 0.2) is 0 Å². The summed E-state index contributed by atoms with van der Waals surface area (Å²) in [5, 5.41) is 5.07. The van der Waals surface area contributed by atoms with Gasteiger partial charge in [0.05, 0.1) is 6.54 Å². The van der Waals surface area contributed by atoms with Gasteiger partial charge < -0.3 is 10.1 Å². The second kappa shape index (κ2) is 8.89. The predicted octanol–water partition coefficient (Wildman–Crippen LogP) is 1.85. The number of amides is 1. The average Bonchev–Trinajstić information content (AvgIpc) is 2.71. The fraction of sp³-hybridized carbons (Fsp3) is 0.450. The molecule has 0 aromatic heterocycles. The zero-order valence-electron chi connectivity index (χ0n) is 16.3. The first-order chi connectivity index (χ1) is 13.4. The van der Waals surface area contributed by atoms with Crippen LogP contribution in [-0.2, 0) is 15.0 Å². The minimum atomic E-state index is -3.40. The maximum absolute atomic E-state index is 12.4. The average molecular weight is 406 g/mol. The molecule has 0 aliphatic carbocycles. The fourth-order valence-corrected chi connectivity index (χ4v) is 4.51. The van der Waals surface area contributed by atoms with Crippen molar-refractivity contribution in [1.82, 2.24) is 13.9 Å². The predicted molar refractivity (Wildman–Crippen MR) is 109 cm³/mol. The van der Waals surface area contributed by atoms with Gasteiger partial charge in [-0.05, 0) is 24.3 Å². The highest BCUT2D eigenvalue weighted by Crippen LogP contribution is 2.25. The first kappa shape index (κ1) is 20.6. The molecule has 7 nitrogen and oxygen atoms in total. The van der Waals surface area contributed by atoms with Gasteiger partial charge in [0, 0.05) is 38.5 Å². The monoisotopic (exact) mass is 405 g/mol. The highest BCUT2D eigenvalue weighted by Gasteiger charge is 2.32. The molecule has 152 valence electrons. The van der Waals surface area contributed by atoms with Crippen LogP contribution in [0, 0.1) is 5.92 Å². The number of hydrogen-bond acceptors (Lipinski definition) is 4. The van der Waals surface area contributed by atoms with Crippen LogP contribution < -0.4 is 10.1 Å². The summed E-state index contributed by atoms with van der Waals surface area (Å²) in [6.07, 6.45) is 1.06. The van der Waals surface area contributed by atoms with E-state index in [1.165, 1.54) is 22.7 Å². The Morgan fingerprint density at radius 2 is 1.82 bits per heavy atom. The van der Waals surface area contributed by atoms with E-state index in [0.29, 0.717) is 39.1 Å². The van der Waals surface area contributed by atoms with Crippen molar-refractivity contribution in [2.75, 3.05) is 40.3 Å². The number of nitrogens with one attached hydrogen (secondary N) is 1. The smallest absolute Gasteiger partial charge is 0.281 e. The van der Waals surface area contributed by atoms with Gasteiger partial charge in [0.1, 0.15) is 12.4 Å². The number of nitrogens with zero attached hydrogens (tertiary/aromatic N) is 2. The molecule has 1 N–H and O–H groups in total. The largest absolute Gasteiger partial charge is 0.491 e. The molecule has 1 aliphatic heterocycles. The minimum Gasteiger partial charge on any atom is -0.491 e. The number of ether oxygens (including phenoxy) is 1.